The van der Waals surface area contributed by atoms with Gasteiger partial charge in [0, 0.05) is 18.6 Å². The van der Waals surface area contributed by atoms with Crippen LogP contribution in [-0.4, -0.2) is 38.3 Å². The summed E-state index contributed by atoms with van der Waals surface area (Å²) in [5.41, 5.74) is 0.516. The summed E-state index contributed by atoms with van der Waals surface area (Å²) in [5.74, 6) is 0. The summed E-state index contributed by atoms with van der Waals surface area (Å²) in [6.07, 6.45) is 6.92. The third-order valence-electron chi connectivity index (χ3n) is 4.01. The lowest BCUT2D eigenvalue weighted by Gasteiger charge is -2.44. The lowest BCUT2D eigenvalue weighted by Crippen LogP contribution is -2.49. The molecule has 2 rings (SSSR count). The van der Waals surface area contributed by atoms with Gasteiger partial charge >= 0.3 is 0 Å². The fourth-order valence-corrected chi connectivity index (χ4v) is 3.46. The predicted molar refractivity (Wildman–Crippen MR) is 76.5 cm³/mol. The van der Waals surface area contributed by atoms with Gasteiger partial charge in [0.25, 0.3) is 0 Å². The number of nitrogens with zero attached hydrogens (tertiary/aromatic N) is 1. The summed E-state index contributed by atoms with van der Waals surface area (Å²) in [4.78, 5) is 2.55. The highest BCUT2D eigenvalue weighted by Crippen LogP contribution is 2.47. The van der Waals surface area contributed by atoms with Crippen LogP contribution in [0.5, 0.6) is 0 Å². The Kier molecular flexibility index (Phi) is 8.89. The topological polar surface area (TPSA) is 12.5 Å². The van der Waals surface area contributed by atoms with E-state index in [1.54, 1.807) is 0 Å². The lowest BCUT2D eigenvalue weighted by atomic mass is 9.76. The van der Waals surface area contributed by atoms with Gasteiger partial charge in [0.1, 0.15) is 0 Å². The van der Waals surface area contributed by atoms with E-state index >= 15 is 0 Å². The lowest BCUT2D eigenvalue weighted by molar-refractivity contribution is -0.00988. The van der Waals surface area contributed by atoms with Crippen LogP contribution in [0.15, 0.2) is 0 Å². The van der Waals surface area contributed by atoms with Gasteiger partial charge < -0.3 is 9.64 Å². The second-order valence-corrected chi connectivity index (χ2v) is 4.79. The van der Waals surface area contributed by atoms with Crippen molar-refractivity contribution in [1.29, 1.82) is 0 Å². The van der Waals surface area contributed by atoms with Crippen molar-refractivity contribution >= 4 is 0 Å². The number of rotatable bonds is 2. The standard InChI is InChI=1S/C11H21NO.2C2H6/c1-12-8-4-7-11(9-13-2)6-3-5-10(11)12;2*1-2/h10H,3-9H2,1-2H3;2*1-2H3. The minimum absolute atomic E-state index is 0.516. The first kappa shape index (κ1) is 16.9. The molecule has 0 bridgehead atoms. The fraction of sp³-hybridized carbons (Fsp3) is 1.00. The van der Waals surface area contributed by atoms with Crippen molar-refractivity contribution in [3.8, 4) is 0 Å². The second kappa shape index (κ2) is 8.93. The molecular weight excluding hydrogens is 210 g/mol. The van der Waals surface area contributed by atoms with Crippen LogP contribution in [0, 0.1) is 5.41 Å². The van der Waals surface area contributed by atoms with Crippen molar-refractivity contribution in [3.05, 3.63) is 0 Å². The van der Waals surface area contributed by atoms with E-state index in [1.165, 1.54) is 38.6 Å². The van der Waals surface area contributed by atoms with Crippen molar-refractivity contribution in [3.63, 3.8) is 0 Å². The molecule has 0 amide bonds. The minimum atomic E-state index is 0.516. The molecule has 2 heteroatoms. The Balaban J connectivity index is 0.000000581. The van der Waals surface area contributed by atoms with E-state index in [0.717, 1.165) is 12.6 Å². The van der Waals surface area contributed by atoms with E-state index in [0.29, 0.717) is 5.41 Å². The molecule has 1 saturated carbocycles. The highest BCUT2D eigenvalue weighted by Gasteiger charge is 2.46. The summed E-state index contributed by atoms with van der Waals surface area (Å²) in [6, 6.07) is 0.807. The van der Waals surface area contributed by atoms with Crippen molar-refractivity contribution in [2.75, 3.05) is 27.3 Å². The normalized spacial score (nSPS) is 31.8. The molecule has 2 aliphatic rings. The van der Waals surface area contributed by atoms with Gasteiger partial charge in [0.05, 0.1) is 6.61 Å². The van der Waals surface area contributed by atoms with Gasteiger partial charge in [-0.1, -0.05) is 34.1 Å². The molecule has 0 aromatic rings. The third kappa shape index (κ3) is 3.96. The van der Waals surface area contributed by atoms with Crippen LogP contribution >= 0.6 is 0 Å². The quantitative estimate of drug-likeness (QED) is 0.728. The largest absolute Gasteiger partial charge is 0.384 e. The molecule has 0 aromatic heterocycles. The number of piperidine rings is 1. The van der Waals surface area contributed by atoms with Gasteiger partial charge in [-0.3, -0.25) is 0 Å². The zero-order chi connectivity index (χ0) is 13.3. The molecule has 0 aromatic carbocycles. The zero-order valence-electron chi connectivity index (χ0n) is 12.9. The third-order valence-corrected chi connectivity index (χ3v) is 4.01. The molecule has 104 valence electrons. The molecule has 2 fully saturated rings. The van der Waals surface area contributed by atoms with Crippen molar-refractivity contribution in [1.82, 2.24) is 4.90 Å². The summed E-state index contributed by atoms with van der Waals surface area (Å²) in [7, 11) is 4.12. The van der Waals surface area contributed by atoms with E-state index in [9.17, 15) is 0 Å². The Labute approximate surface area is 109 Å². The first-order valence-corrected chi connectivity index (χ1v) is 7.48. The van der Waals surface area contributed by atoms with Gasteiger partial charge in [-0.2, -0.15) is 0 Å². The number of likely N-dealkylation sites (tertiary alicyclic amines) is 1. The van der Waals surface area contributed by atoms with Gasteiger partial charge in [-0.15, -0.1) is 0 Å². The predicted octanol–water partition coefficient (Wildman–Crippen LogP) is 3.95. The Morgan fingerprint density at radius 1 is 1.12 bits per heavy atom. The van der Waals surface area contributed by atoms with Crippen molar-refractivity contribution < 1.29 is 4.74 Å². The van der Waals surface area contributed by atoms with Crippen LogP contribution in [0.1, 0.15) is 59.8 Å². The Bertz CT molecular complexity index is 180. The van der Waals surface area contributed by atoms with E-state index in [2.05, 4.69) is 11.9 Å². The fourth-order valence-electron chi connectivity index (χ4n) is 3.46. The van der Waals surface area contributed by atoms with Crippen LogP contribution in [-0.2, 0) is 4.74 Å². The maximum Gasteiger partial charge on any atom is 0.0533 e. The van der Waals surface area contributed by atoms with E-state index in [1.807, 2.05) is 34.8 Å². The second-order valence-electron chi connectivity index (χ2n) is 4.79. The number of ether oxygens (including phenoxy) is 1. The van der Waals surface area contributed by atoms with Gasteiger partial charge in [0.15, 0.2) is 0 Å². The summed E-state index contributed by atoms with van der Waals surface area (Å²) in [5, 5.41) is 0. The molecule has 1 saturated heterocycles. The van der Waals surface area contributed by atoms with Gasteiger partial charge in [0.2, 0.25) is 0 Å². The molecular formula is C15H33NO. The average molecular weight is 243 g/mol. The smallest absolute Gasteiger partial charge is 0.0533 e. The van der Waals surface area contributed by atoms with E-state index in [4.69, 9.17) is 4.74 Å². The maximum absolute atomic E-state index is 5.41. The van der Waals surface area contributed by atoms with Crippen LogP contribution in [0.2, 0.25) is 0 Å². The van der Waals surface area contributed by atoms with Crippen molar-refractivity contribution in [2.24, 2.45) is 5.41 Å². The molecule has 1 aliphatic heterocycles. The van der Waals surface area contributed by atoms with Gasteiger partial charge in [-0.05, 0) is 39.3 Å². The van der Waals surface area contributed by atoms with Crippen LogP contribution in [0.4, 0.5) is 0 Å². The number of hydrogen-bond donors (Lipinski definition) is 0. The van der Waals surface area contributed by atoms with Crippen LogP contribution < -0.4 is 0 Å². The number of fused-ring (bicyclic) bond motifs is 1. The SMILES string of the molecule is CC.CC.COCC12CCCC1N(C)CCC2. The molecule has 2 atom stereocenters. The molecule has 0 radical (unpaired) electrons. The number of methoxy groups -OCH3 is 1. The molecule has 17 heavy (non-hydrogen) atoms. The first-order valence-electron chi connectivity index (χ1n) is 7.48. The van der Waals surface area contributed by atoms with Crippen LogP contribution in [0.25, 0.3) is 0 Å². The summed E-state index contributed by atoms with van der Waals surface area (Å²) >= 11 is 0. The van der Waals surface area contributed by atoms with E-state index < -0.39 is 0 Å². The van der Waals surface area contributed by atoms with Crippen molar-refractivity contribution in [2.45, 2.75) is 65.8 Å². The maximum atomic E-state index is 5.41. The molecule has 1 aliphatic carbocycles. The van der Waals surface area contributed by atoms with E-state index in [-0.39, 0.29) is 0 Å². The molecule has 2 unspecified atom stereocenters. The summed E-state index contributed by atoms with van der Waals surface area (Å²) < 4.78 is 5.41. The minimum Gasteiger partial charge on any atom is -0.384 e. The highest BCUT2D eigenvalue weighted by molar-refractivity contribution is 4.99. The number of hydrogen-bond acceptors (Lipinski definition) is 2. The van der Waals surface area contributed by atoms with Gasteiger partial charge in [-0.25, -0.2) is 0 Å². The first-order chi connectivity index (χ1) is 8.28. The average Bonchev–Trinajstić information content (AvgIpc) is 2.80. The summed E-state index contributed by atoms with van der Waals surface area (Å²) in [6.45, 7) is 10.3. The monoisotopic (exact) mass is 243 g/mol. The molecule has 1 heterocycles. The molecule has 0 spiro atoms. The zero-order valence-corrected chi connectivity index (χ0v) is 12.9. The Hall–Kier alpha value is -0.0800. The molecule has 0 N–H and O–H groups in total. The Morgan fingerprint density at radius 3 is 2.29 bits per heavy atom. The highest BCUT2D eigenvalue weighted by atomic mass is 16.5. The Morgan fingerprint density at radius 2 is 1.71 bits per heavy atom. The molecule has 2 nitrogen and oxygen atoms in total. The van der Waals surface area contributed by atoms with Crippen LogP contribution in [0.3, 0.4) is 0 Å².